The van der Waals surface area contributed by atoms with Gasteiger partial charge in [-0.05, 0) is 51.9 Å². The molecule has 194 valence electrons. The smallest absolute Gasteiger partial charge is 0.329 e. The Morgan fingerprint density at radius 2 is 1.69 bits per heavy atom. The summed E-state index contributed by atoms with van der Waals surface area (Å²) in [7, 11) is 1.39. The lowest BCUT2D eigenvalue weighted by Crippen LogP contribution is -2.47. The quantitative estimate of drug-likeness (QED) is 0.556. The van der Waals surface area contributed by atoms with Crippen molar-refractivity contribution in [1.82, 2.24) is 10.3 Å². The van der Waals surface area contributed by atoms with Crippen LogP contribution < -0.4 is 10.1 Å². The molecular formula is C26H38N2O7. The average molecular weight is 491 g/mol. The first-order chi connectivity index (χ1) is 17.0. The Morgan fingerprint density at radius 1 is 1.03 bits per heavy atom. The predicted octanol–water partition coefficient (Wildman–Crippen LogP) is 3.67. The van der Waals surface area contributed by atoms with Crippen LogP contribution in [0.2, 0.25) is 0 Å². The largest absolute Gasteiger partial charge is 0.503 e. The minimum Gasteiger partial charge on any atom is -0.503 e. The summed E-state index contributed by atoms with van der Waals surface area (Å²) in [4.78, 5) is 29.9. The normalized spacial score (nSPS) is 28.7. The molecular weight excluding hydrogens is 452 g/mol. The van der Waals surface area contributed by atoms with E-state index in [1.807, 2.05) is 6.92 Å². The molecule has 2 N–H and O–H groups in total. The molecule has 1 saturated heterocycles. The molecule has 2 saturated carbocycles. The molecule has 2 aliphatic carbocycles. The molecule has 3 fully saturated rings. The Kier molecular flexibility index (Phi) is 8.83. The number of amides is 1. The number of rotatable bonds is 7. The number of carbonyl (C=O) groups is 2. The zero-order valence-electron chi connectivity index (χ0n) is 20.7. The van der Waals surface area contributed by atoms with Crippen molar-refractivity contribution in [3.63, 3.8) is 0 Å². The fourth-order valence-corrected chi connectivity index (χ4v) is 5.43. The molecule has 2 heterocycles. The molecule has 1 amide bonds. The van der Waals surface area contributed by atoms with Gasteiger partial charge in [-0.3, -0.25) is 4.79 Å². The van der Waals surface area contributed by atoms with Crippen LogP contribution in [0.25, 0.3) is 0 Å². The third-order valence-electron chi connectivity index (χ3n) is 7.35. The fourth-order valence-electron chi connectivity index (χ4n) is 5.43. The Hall–Kier alpha value is -2.39. The Bertz CT molecular complexity index is 867. The molecule has 3 aliphatic rings. The molecule has 0 unspecified atom stereocenters. The van der Waals surface area contributed by atoms with E-state index in [4.69, 9.17) is 18.9 Å². The van der Waals surface area contributed by atoms with Crippen molar-refractivity contribution >= 4 is 11.9 Å². The number of carbonyl (C=O) groups excluding carboxylic acids is 2. The number of aromatic hydroxyl groups is 1. The number of nitrogens with zero attached hydrogens (tertiary/aromatic N) is 1. The van der Waals surface area contributed by atoms with Crippen molar-refractivity contribution in [3.8, 4) is 11.5 Å². The van der Waals surface area contributed by atoms with Crippen LogP contribution in [-0.2, 0) is 19.0 Å². The van der Waals surface area contributed by atoms with Gasteiger partial charge in [-0.25, -0.2) is 9.78 Å². The third-order valence-corrected chi connectivity index (χ3v) is 7.35. The first-order valence-corrected chi connectivity index (χ1v) is 13.0. The van der Waals surface area contributed by atoms with E-state index in [1.54, 1.807) is 0 Å². The molecule has 35 heavy (non-hydrogen) atoms. The van der Waals surface area contributed by atoms with E-state index in [9.17, 15) is 14.7 Å². The lowest BCUT2D eigenvalue weighted by molar-refractivity contribution is -0.180. The van der Waals surface area contributed by atoms with E-state index in [2.05, 4.69) is 10.3 Å². The number of esters is 1. The van der Waals surface area contributed by atoms with Crippen molar-refractivity contribution < 1.29 is 33.6 Å². The summed E-state index contributed by atoms with van der Waals surface area (Å²) in [5.74, 6) is -1.41. The van der Waals surface area contributed by atoms with Gasteiger partial charge in [0.25, 0.3) is 5.91 Å². The summed E-state index contributed by atoms with van der Waals surface area (Å²) in [6.07, 6.45) is 11.3. The second-order valence-electron chi connectivity index (χ2n) is 9.90. The molecule has 1 aromatic rings. The van der Waals surface area contributed by atoms with Crippen LogP contribution in [0.3, 0.4) is 0 Å². The van der Waals surface area contributed by atoms with Crippen LogP contribution in [0.4, 0.5) is 0 Å². The van der Waals surface area contributed by atoms with Gasteiger partial charge in [0.2, 0.25) is 0 Å². The van der Waals surface area contributed by atoms with Crippen molar-refractivity contribution in [2.45, 2.75) is 114 Å². The SMILES string of the molecule is COc1ccnc(C(=O)N[C@H]2CCC[C@H](OC3CCCC3)[C@@H](OC3CCCC3)[C@H](C)OC2=O)c1O. The zero-order valence-corrected chi connectivity index (χ0v) is 20.7. The maximum Gasteiger partial charge on any atom is 0.329 e. The number of pyridine rings is 1. The highest BCUT2D eigenvalue weighted by Gasteiger charge is 2.39. The number of methoxy groups -OCH3 is 1. The Morgan fingerprint density at radius 3 is 2.34 bits per heavy atom. The Labute approximate surface area is 206 Å². The van der Waals surface area contributed by atoms with Gasteiger partial charge in [0, 0.05) is 12.3 Å². The van der Waals surface area contributed by atoms with Crippen molar-refractivity contribution in [1.29, 1.82) is 0 Å². The first kappa shape index (κ1) is 25.7. The minimum atomic E-state index is -0.866. The molecule has 1 aromatic heterocycles. The van der Waals surface area contributed by atoms with E-state index in [-0.39, 0.29) is 41.6 Å². The molecule has 0 radical (unpaired) electrons. The average Bonchev–Trinajstić information content (AvgIpc) is 3.55. The number of nitrogens with one attached hydrogen (secondary N) is 1. The molecule has 0 bridgehead atoms. The van der Waals surface area contributed by atoms with Gasteiger partial charge in [0.1, 0.15) is 18.2 Å². The number of hydrogen-bond donors (Lipinski definition) is 2. The van der Waals surface area contributed by atoms with Crippen LogP contribution in [0.1, 0.15) is 88.0 Å². The van der Waals surface area contributed by atoms with E-state index < -0.39 is 24.0 Å². The first-order valence-electron chi connectivity index (χ1n) is 13.0. The third kappa shape index (κ3) is 6.44. The minimum absolute atomic E-state index is 0.134. The van der Waals surface area contributed by atoms with E-state index in [1.165, 1.54) is 32.2 Å². The van der Waals surface area contributed by atoms with Crippen LogP contribution >= 0.6 is 0 Å². The number of cyclic esters (lactones) is 1. The standard InChI is InChI=1S/C26H38N2O7/c1-16-24(35-18-10-5-6-11-18)21(34-17-8-3-4-9-17)13-7-12-19(26(31)33-16)28-25(30)22-23(29)20(32-2)14-15-27-22/h14-19,21,24,29H,3-13H2,1-2H3,(H,28,30)/t16-,19-,21-,24-/m0/s1. The van der Waals surface area contributed by atoms with Crippen LogP contribution in [0.5, 0.6) is 11.5 Å². The van der Waals surface area contributed by atoms with E-state index in [0.717, 1.165) is 38.5 Å². The maximum absolute atomic E-state index is 13.1. The van der Waals surface area contributed by atoms with Gasteiger partial charge in [0.05, 0.1) is 25.4 Å². The van der Waals surface area contributed by atoms with Crippen LogP contribution in [-0.4, -0.2) is 65.6 Å². The highest BCUT2D eigenvalue weighted by atomic mass is 16.6. The molecule has 0 aromatic carbocycles. The summed E-state index contributed by atoms with van der Waals surface area (Å²) in [6.45, 7) is 1.85. The van der Waals surface area contributed by atoms with Gasteiger partial charge in [-0.15, -0.1) is 0 Å². The highest BCUT2D eigenvalue weighted by Crippen LogP contribution is 2.32. The zero-order chi connectivity index (χ0) is 24.8. The highest BCUT2D eigenvalue weighted by molar-refractivity contribution is 5.97. The number of aromatic nitrogens is 1. The number of hydrogen-bond acceptors (Lipinski definition) is 8. The maximum atomic E-state index is 13.1. The van der Waals surface area contributed by atoms with Crippen LogP contribution in [0.15, 0.2) is 12.3 Å². The van der Waals surface area contributed by atoms with E-state index >= 15 is 0 Å². The summed E-state index contributed by atoms with van der Waals surface area (Å²) >= 11 is 0. The summed E-state index contributed by atoms with van der Waals surface area (Å²) < 4.78 is 23.9. The second-order valence-corrected chi connectivity index (χ2v) is 9.90. The molecule has 0 spiro atoms. The van der Waals surface area contributed by atoms with Crippen LogP contribution in [0, 0.1) is 0 Å². The predicted molar refractivity (Wildman–Crippen MR) is 127 cm³/mol. The summed E-state index contributed by atoms with van der Waals surface area (Å²) in [5, 5.41) is 13.0. The van der Waals surface area contributed by atoms with Gasteiger partial charge < -0.3 is 29.4 Å². The molecule has 4 atom stereocenters. The summed E-state index contributed by atoms with van der Waals surface area (Å²) in [6, 6.07) is 0.589. The topological polar surface area (TPSA) is 116 Å². The molecule has 4 rings (SSSR count). The van der Waals surface area contributed by atoms with Gasteiger partial charge in [-0.1, -0.05) is 25.7 Å². The van der Waals surface area contributed by atoms with Gasteiger partial charge >= 0.3 is 5.97 Å². The van der Waals surface area contributed by atoms with Crippen molar-refractivity contribution in [3.05, 3.63) is 18.0 Å². The van der Waals surface area contributed by atoms with Gasteiger partial charge in [-0.2, -0.15) is 0 Å². The molecule has 9 nitrogen and oxygen atoms in total. The molecule has 9 heteroatoms. The lowest BCUT2D eigenvalue weighted by atomic mass is 10.0. The van der Waals surface area contributed by atoms with Crippen molar-refractivity contribution in [2.24, 2.45) is 0 Å². The second kappa shape index (κ2) is 12.0. The summed E-state index contributed by atoms with van der Waals surface area (Å²) in [5.41, 5.74) is -0.199. The fraction of sp³-hybridized carbons (Fsp3) is 0.731. The van der Waals surface area contributed by atoms with Crippen molar-refractivity contribution in [2.75, 3.05) is 7.11 Å². The van der Waals surface area contributed by atoms with E-state index in [0.29, 0.717) is 19.3 Å². The monoisotopic (exact) mass is 490 g/mol. The lowest BCUT2D eigenvalue weighted by Gasteiger charge is -2.34. The molecule has 1 aliphatic heterocycles. The Balaban J connectivity index is 1.48. The number of ether oxygens (including phenoxy) is 4. The van der Waals surface area contributed by atoms with Gasteiger partial charge in [0.15, 0.2) is 17.2 Å².